The lowest BCUT2D eigenvalue weighted by Crippen LogP contribution is -2.29. The average Bonchev–Trinajstić information content (AvgIpc) is 3.11. The van der Waals surface area contributed by atoms with E-state index in [0.717, 1.165) is 12.8 Å². The van der Waals surface area contributed by atoms with Gasteiger partial charge in [0.25, 0.3) is 0 Å². The van der Waals surface area contributed by atoms with Crippen LogP contribution in [-0.2, 0) is 0 Å². The van der Waals surface area contributed by atoms with Gasteiger partial charge in [-0.2, -0.15) is 0 Å². The lowest BCUT2D eigenvalue weighted by atomic mass is 9.88. The minimum absolute atomic E-state index is 0.332. The molecule has 2 unspecified atom stereocenters. The Hall–Kier alpha value is -3.82. The molecular weight excluding hydrogens is 566 g/mol. The quantitative estimate of drug-likeness (QED) is 0.122. The lowest BCUT2D eigenvalue weighted by Gasteiger charge is -2.43. The molecule has 0 saturated heterocycles. The van der Waals surface area contributed by atoms with Crippen molar-refractivity contribution in [3.63, 3.8) is 0 Å². The van der Waals surface area contributed by atoms with Crippen LogP contribution in [0.1, 0.15) is 42.2 Å². The van der Waals surface area contributed by atoms with Crippen molar-refractivity contribution >= 4 is 37.1 Å². The SMILES string of the molecule is CCCC(C(c1ccccc1)P(c1ccccc1)c1ccccc1)C(c1ccccc1)P(c1ccccc1)c1ccccc1. The van der Waals surface area contributed by atoms with Crippen LogP contribution in [0.4, 0.5) is 0 Å². The molecule has 0 aromatic heterocycles. The van der Waals surface area contributed by atoms with Crippen LogP contribution >= 0.6 is 15.8 Å². The third kappa shape index (κ3) is 6.94. The fourth-order valence-corrected chi connectivity index (χ4v) is 12.9. The highest BCUT2D eigenvalue weighted by Gasteiger charge is 2.41. The van der Waals surface area contributed by atoms with Crippen molar-refractivity contribution in [1.29, 1.82) is 0 Å². The first-order chi connectivity index (χ1) is 21.8. The molecule has 0 aliphatic heterocycles. The molecule has 6 aromatic carbocycles. The van der Waals surface area contributed by atoms with E-state index < -0.39 is 15.8 Å². The van der Waals surface area contributed by atoms with E-state index in [-0.39, 0.29) is 0 Å². The Balaban J connectivity index is 1.64. The molecule has 0 aliphatic rings. The third-order valence-corrected chi connectivity index (χ3v) is 14.3. The molecule has 218 valence electrons. The zero-order valence-corrected chi connectivity index (χ0v) is 27.2. The third-order valence-electron chi connectivity index (χ3n) is 8.41. The Labute approximate surface area is 266 Å². The predicted molar refractivity (Wildman–Crippen MR) is 195 cm³/mol. The van der Waals surface area contributed by atoms with Gasteiger partial charge in [-0.05, 0) is 60.5 Å². The smallest absolute Gasteiger partial charge is 0.0160 e. The zero-order valence-electron chi connectivity index (χ0n) is 25.4. The number of hydrogen-bond acceptors (Lipinski definition) is 0. The molecule has 0 fully saturated rings. The first kappa shape index (κ1) is 30.2. The van der Waals surface area contributed by atoms with E-state index in [0.29, 0.717) is 17.2 Å². The summed E-state index contributed by atoms with van der Waals surface area (Å²) in [4.78, 5) is 0. The second kappa shape index (κ2) is 15.3. The van der Waals surface area contributed by atoms with Gasteiger partial charge in [0.15, 0.2) is 0 Å². The van der Waals surface area contributed by atoms with E-state index in [9.17, 15) is 0 Å². The highest BCUT2D eigenvalue weighted by atomic mass is 31.1. The van der Waals surface area contributed by atoms with Gasteiger partial charge >= 0.3 is 0 Å². The number of rotatable bonds is 12. The number of benzene rings is 6. The minimum atomic E-state index is -0.717. The fraction of sp³-hybridized carbons (Fsp3) is 0.143. The molecular formula is C42H40P2. The lowest BCUT2D eigenvalue weighted by molar-refractivity contribution is 0.451. The predicted octanol–water partition coefficient (Wildman–Crippen LogP) is 10.2. The summed E-state index contributed by atoms with van der Waals surface area (Å²) in [5.74, 6) is 0.405. The van der Waals surface area contributed by atoms with Crippen LogP contribution in [0.2, 0.25) is 0 Å². The number of hydrogen-bond donors (Lipinski definition) is 0. The van der Waals surface area contributed by atoms with Gasteiger partial charge in [0.1, 0.15) is 0 Å². The van der Waals surface area contributed by atoms with Crippen LogP contribution in [0.5, 0.6) is 0 Å². The van der Waals surface area contributed by atoms with Crippen molar-refractivity contribution < 1.29 is 0 Å². The second-order valence-corrected chi connectivity index (χ2v) is 15.9. The Kier molecular flexibility index (Phi) is 10.5. The van der Waals surface area contributed by atoms with E-state index in [1.54, 1.807) is 0 Å². The standard InChI is InChI=1S/C42H40P2/c1-2-21-40(41(34-22-9-3-10-23-34)43(36-26-13-5-14-27-36)37-28-15-6-16-29-37)42(35-24-11-4-12-25-35)44(38-30-17-7-18-31-38)39-32-19-8-20-33-39/h3-20,22-33,40-42H,2,21H2,1H3. The minimum Gasteiger partial charge on any atom is -0.0654 e. The maximum absolute atomic E-state index is 2.39. The normalized spacial score (nSPS) is 13.4. The molecule has 6 rings (SSSR count). The van der Waals surface area contributed by atoms with Crippen molar-refractivity contribution in [3.8, 4) is 0 Å². The summed E-state index contributed by atoms with van der Waals surface area (Å²) in [5, 5.41) is 5.77. The highest BCUT2D eigenvalue weighted by molar-refractivity contribution is 7.74. The van der Waals surface area contributed by atoms with E-state index >= 15 is 0 Å². The van der Waals surface area contributed by atoms with Gasteiger partial charge in [-0.1, -0.05) is 195 Å². The molecule has 0 spiro atoms. The van der Waals surface area contributed by atoms with Crippen LogP contribution in [0.15, 0.2) is 182 Å². The summed E-state index contributed by atoms with van der Waals surface area (Å²) in [7, 11) is -1.43. The van der Waals surface area contributed by atoms with Crippen LogP contribution < -0.4 is 21.2 Å². The van der Waals surface area contributed by atoms with E-state index in [1.165, 1.54) is 32.3 Å². The summed E-state index contributed by atoms with van der Waals surface area (Å²) >= 11 is 0. The van der Waals surface area contributed by atoms with Crippen molar-refractivity contribution in [2.24, 2.45) is 5.92 Å². The van der Waals surface area contributed by atoms with Crippen molar-refractivity contribution in [1.82, 2.24) is 0 Å². The second-order valence-electron chi connectivity index (χ2n) is 11.2. The zero-order chi connectivity index (χ0) is 30.0. The van der Waals surface area contributed by atoms with Gasteiger partial charge in [-0.3, -0.25) is 0 Å². The largest absolute Gasteiger partial charge is 0.0654 e. The summed E-state index contributed by atoms with van der Waals surface area (Å²) in [5.41, 5.74) is 3.56. The molecule has 0 amide bonds. The van der Waals surface area contributed by atoms with E-state index in [4.69, 9.17) is 0 Å². The van der Waals surface area contributed by atoms with E-state index in [1.807, 2.05) is 0 Å². The Bertz CT molecular complexity index is 1450. The Morgan fingerprint density at radius 2 is 0.614 bits per heavy atom. The average molecular weight is 607 g/mol. The van der Waals surface area contributed by atoms with Crippen LogP contribution in [0.25, 0.3) is 0 Å². The molecule has 0 saturated carbocycles. The summed E-state index contributed by atoms with van der Waals surface area (Å²) in [6.45, 7) is 2.37. The molecule has 0 N–H and O–H groups in total. The molecule has 0 heterocycles. The topological polar surface area (TPSA) is 0 Å². The van der Waals surface area contributed by atoms with Gasteiger partial charge in [-0.15, -0.1) is 0 Å². The molecule has 0 bridgehead atoms. The first-order valence-electron chi connectivity index (χ1n) is 15.7. The van der Waals surface area contributed by atoms with Gasteiger partial charge in [0.05, 0.1) is 0 Å². The summed E-state index contributed by atoms with van der Waals surface area (Å²) in [6, 6.07) is 68.2. The maximum atomic E-state index is 2.39. The van der Waals surface area contributed by atoms with Crippen molar-refractivity contribution in [2.45, 2.75) is 31.1 Å². The van der Waals surface area contributed by atoms with Gasteiger partial charge in [-0.25, -0.2) is 0 Å². The molecule has 2 heteroatoms. The van der Waals surface area contributed by atoms with E-state index in [2.05, 4.69) is 189 Å². The summed E-state index contributed by atoms with van der Waals surface area (Å²) < 4.78 is 0. The van der Waals surface area contributed by atoms with Crippen molar-refractivity contribution in [2.75, 3.05) is 0 Å². The molecule has 6 aromatic rings. The van der Waals surface area contributed by atoms with Gasteiger partial charge in [0, 0.05) is 11.3 Å². The van der Waals surface area contributed by atoms with Crippen LogP contribution in [0, 0.1) is 5.92 Å². The summed E-state index contributed by atoms with van der Waals surface area (Å²) in [6.07, 6.45) is 2.28. The van der Waals surface area contributed by atoms with Gasteiger partial charge in [0.2, 0.25) is 0 Å². The molecule has 2 atom stereocenters. The molecule has 44 heavy (non-hydrogen) atoms. The Morgan fingerprint density at radius 1 is 0.364 bits per heavy atom. The monoisotopic (exact) mass is 606 g/mol. The van der Waals surface area contributed by atoms with Gasteiger partial charge < -0.3 is 0 Å². The molecule has 0 nitrogen and oxygen atoms in total. The van der Waals surface area contributed by atoms with Crippen LogP contribution in [-0.4, -0.2) is 0 Å². The fourth-order valence-electron chi connectivity index (χ4n) is 6.59. The first-order valence-corrected chi connectivity index (χ1v) is 18.6. The molecule has 0 radical (unpaired) electrons. The Morgan fingerprint density at radius 3 is 0.864 bits per heavy atom. The van der Waals surface area contributed by atoms with Crippen LogP contribution in [0.3, 0.4) is 0 Å². The molecule has 0 aliphatic carbocycles. The maximum Gasteiger partial charge on any atom is 0.0160 e. The highest BCUT2D eigenvalue weighted by Crippen LogP contribution is 2.64. The van der Waals surface area contributed by atoms with Crippen molar-refractivity contribution in [3.05, 3.63) is 193 Å².